The molecule has 0 spiro atoms. The van der Waals surface area contributed by atoms with Gasteiger partial charge in [0.1, 0.15) is 5.75 Å². The van der Waals surface area contributed by atoms with Crippen LogP contribution in [0.15, 0.2) is 0 Å². The number of hydrogen-bond donors (Lipinski definition) is 1. The molecule has 0 saturated heterocycles. The Morgan fingerprint density at radius 2 is 1.76 bits per heavy atom. The molecule has 1 N–H and O–H groups in total. The largest absolute Gasteiger partial charge is 0.348 e. The van der Waals surface area contributed by atoms with Crippen molar-refractivity contribution in [3.05, 3.63) is 0 Å². The van der Waals surface area contributed by atoms with E-state index in [0.717, 1.165) is 25.7 Å². The molecule has 0 aliphatic heterocycles. The number of hydrogen-bond acceptors (Lipinski definition) is 3. The van der Waals surface area contributed by atoms with Gasteiger partial charge < -0.3 is 4.90 Å². The molecule has 0 unspecified atom stereocenters. The molecular formula is C11H22N2O3S. The van der Waals surface area contributed by atoms with Gasteiger partial charge in [0.25, 0.3) is 0 Å². The first-order chi connectivity index (χ1) is 7.80. The summed E-state index contributed by atoms with van der Waals surface area (Å²) in [6.07, 6.45) is 3.84. The lowest BCUT2D eigenvalue weighted by atomic mass is 9.88. The molecule has 6 heteroatoms. The zero-order valence-corrected chi connectivity index (χ0v) is 11.6. The van der Waals surface area contributed by atoms with Crippen molar-refractivity contribution in [2.75, 3.05) is 19.8 Å². The molecule has 1 aliphatic carbocycles. The highest BCUT2D eigenvalue weighted by molar-refractivity contribution is 7.90. The lowest BCUT2D eigenvalue weighted by Gasteiger charge is -2.26. The van der Waals surface area contributed by atoms with Crippen LogP contribution in [0.25, 0.3) is 0 Å². The van der Waals surface area contributed by atoms with Crippen molar-refractivity contribution in [1.29, 1.82) is 0 Å². The molecule has 0 bridgehead atoms. The van der Waals surface area contributed by atoms with Crippen LogP contribution in [0.3, 0.4) is 0 Å². The van der Waals surface area contributed by atoms with Crippen LogP contribution >= 0.6 is 0 Å². The summed E-state index contributed by atoms with van der Waals surface area (Å²) < 4.78 is 26.1. The molecule has 0 radical (unpaired) electrons. The molecule has 0 atom stereocenters. The highest BCUT2D eigenvalue weighted by Crippen LogP contribution is 2.23. The summed E-state index contributed by atoms with van der Waals surface area (Å²) in [5.41, 5.74) is 0. The van der Waals surface area contributed by atoms with Crippen molar-refractivity contribution >= 4 is 15.9 Å². The maximum atomic E-state index is 11.7. The summed E-state index contributed by atoms with van der Waals surface area (Å²) in [6.45, 7) is 2.18. The first-order valence-electron chi connectivity index (χ1n) is 6.00. The topological polar surface area (TPSA) is 66.5 Å². The van der Waals surface area contributed by atoms with Crippen molar-refractivity contribution in [1.82, 2.24) is 9.62 Å². The predicted octanol–water partition coefficient (Wildman–Crippen LogP) is 0.573. The number of sulfonamides is 1. The minimum Gasteiger partial charge on any atom is -0.348 e. The van der Waals surface area contributed by atoms with Crippen molar-refractivity contribution in [2.45, 2.75) is 38.6 Å². The molecule has 1 saturated carbocycles. The number of carbonyl (C=O) groups excluding carboxylic acids is 1. The van der Waals surface area contributed by atoms with Gasteiger partial charge >= 0.3 is 0 Å². The summed E-state index contributed by atoms with van der Waals surface area (Å²) in [6, 6.07) is 0.00571. The van der Waals surface area contributed by atoms with Gasteiger partial charge in [-0.3, -0.25) is 4.79 Å². The highest BCUT2D eigenvalue weighted by Gasteiger charge is 2.25. The van der Waals surface area contributed by atoms with Gasteiger partial charge in [0, 0.05) is 20.1 Å². The summed E-state index contributed by atoms with van der Waals surface area (Å²) in [7, 11) is -0.373. The van der Waals surface area contributed by atoms with Gasteiger partial charge in [0.05, 0.1) is 0 Å². The lowest BCUT2D eigenvalue weighted by molar-refractivity contribution is -0.125. The van der Waals surface area contributed by atoms with Crippen LogP contribution in [0.4, 0.5) is 0 Å². The minimum absolute atomic E-state index is 0.00571. The van der Waals surface area contributed by atoms with Gasteiger partial charge in [-0.15, -0.1) is 0 Å². The van der Waals surface area contributed by atoms with E-state index in [1.807, 2.05) is 0 Å². The minimum atomic E-state index is -3.48. The van der Waals surface area contributed by atoms with Crippen LogP contribution in [0, 0.1) is 5.92 Å². The Morgan fingerprint density at radius 3 is 2.24 bits per heavy atom. The highest BCUT2D eigenvalue weighted by atomic mass is 32.2. The number of rotatable bonds is 4. The Hall–Kier alpha value is -0.620. The number of nitrogens with one attached hydrogen (secondary N) is 1. The monoisotopic (exact) mass is 262 g/mol. The molecule has 1 amide bonds. The average molecular weight is 262 g/mol. The first kappa shape index (κ1) is 14.4. The predicted molar refractivity (Wildman–Crippen MR) is 67.0 cm³/mol. The second kappa shape index (κ2) is 5.82. The second-order valence-corrected chi connectivity index (χ2v) is 6.88. The van der Waals surface area contributed by atoms with E-state index in [1.165, 1.54) is 4.90 Å². The Labute approximate surface area is 104 Å². The molecule has 17 heavy (non-hydrogen) atoms. The van der Waals surface area contributed by atoms with Crippen LogP contribution in [0.5, 0.6) is 0 Å². The smallest absolute Gasteiger partial charge is 0.238 e. The van der Waals surface area contributed by atoms with Crippen molar-refractivity contribution in [3.8, 4) is 0 Å². The summed E-state index contributed by atoms with van der Waals surface area (Å²) in [4.78, 5) is 12.7. The second-order valence-electron chi connectivity index (χ2n) is 5.12. The fourth-order valence-electron chi connectivity index (χ4n) is 1.97. The lowest BCUT2D eigenvalue weighted by Crippen LogP contribution is -2.42. The molecule has 5 nitrogen and oxygen atoms in total. The number of carbonyl (C=O) groups is 1. The van der Waals surface area contributed by atoms with Gasteiger partial charge in [0.15, 0.2) is 0 Å². The normalized spacial score (nSPS) is 25.6. The third-order valence-electron chi connectivity index (χ3n) is 3.17. The first-order valence-corrected chi connectivity index (χ1v) is 7.65. The molecule has 0 aromatic carbocycles. The van der Waals surface area contributed by atoms with Gasteiger partial charge in [-0.05, 0) is 31.6 Å². The maximum Gasteiger partial charge on any atom is 0.238 e. The van der Waals surface area contributed by atoms with E-state index in [0.29, 0.717) is 5.92 Å². The standard InChI is InChI=1S/C11H22N2O3S/c1-9-4-6-10(7-5-9)12-17(15,16)8-11(14)13(2)3/h9-10,12H,4-8H2,1-3H3. The third-order valence-corrected chi connectivity index (χ3v) is 4.49. The molecule has 1 aliphatic rings. The summed E-state index contributed by atoms with van der Waals surface area (Å²) in [5, 5.41) is 0. The molecule has 0 heterocycles. The van der Waals surface area contributed by atoms with E-state index >= 15 is 0 Å². The van der Waals surface area contributed by atoms with Gasteiger partial charge in [-0.25, -0.2) is 13.1 Å². The SMILES string of the molecule is CC1CCC(NS(=O)(=O)CC(=O)N(C)C)CC1. The van der Waals surface area contributed by atoms with Crippen molar-refractivity contribution < 1.29 is 13.2 Å². The van der Waals surface area contributed by atoms with Crippen LogP contribution in [0.2, 0.25) is 0 Å². The van der Waals surface area contributed by atoms with E-state index in [-0.39, 0.29) is 11.9 Å². The molecule has 1 rings (SSSR count). The zero-order valence-electron chi connectivity index (χ0n) is 10.8. The van der Waals surface area contributed by atoms with Gasteiger partial charge in [0.2, 0.25) is 15.9 Å². The van der Waals surface area contributed by atoms with Gasteiger partial charge in [-0.2, -0.15) is 0 Å². The van der Waals surface area contributed by atoms with Crippen LogP contribution in [0.1, 0.15) is 32.6 Å². The van der Waals surface area contributed by atoms with E-state index in [2.05, 4.69) is 11.6 Å². The molecular weight excluding hydrogens is 240 g/mol. The van der Waals surface area contributed by atoms with E-state index in [9.17, 15) is 13.2 Å². The number of amides is 1. The number of nitrogens with zero attached hydrogens (tertiary/aromatic N) is 1. The Morgan fingerprint density at radius 1 is 1.24 bits per heavy atom. The van der Waals surface area contributed by atoms with Crippen LogP contribution in [-0.2, 0) is 14.8 Å². The molecule has 100 valence electrons. The quantitative estimate of drug-likeness (QED) is 0.805. The Balaban J connectivity index is 2.47. The van der Waals surface area contributed by atoms with Crippen molar-refractivity contribution in [3.63, 3.8) is 0 Å². The molecule has 0 aromatic heterocycles. The van der Waals surface area contributed by atoms with Crippen LogP contribution < -0.4 is 4.72 Å². The van der Waals surface area contributed by atoms with E-state index in [1.54, 1.807) is 14.1 Å². The third kappa shape index (κ3) is 5.04. The molecule has 1 fully saturated rings. The van der Waals surface area contributed by atoms with Crippen molar-refractivity contribution in [2.24, 2.45) is 5.92 Å². The molecule has 0 aromatic rings. The van der Waals surface area contributed by atoms with E-state index < -0.39 is 15.8 Å². The fraction of sp³-hybridized carbons (Fsp3) is 0.909. The van der Waals surface area contributed by atoms with E-state index in [4.69, 9.17) is 0 Å². The summed E-state index contributed by atoms with van der Waals surface area (Å²) >= 11 is 0. The maximum absolute atomic E-state index is 11.7. The van der Waals surface area contributed by atoms with Crippen LogP contribution in [-0.4, -0.2) is 45.1 Å². The average Bonchev–Trinajstić information content (AvgIpc) is 2.20. The zero-order chi connectivity index (χ0) is 13.1. The fourth-order valence-corrected chi connectivity index (χ4v) is 3.38. The summed E-state index contributed by atoms with van der Waals surface area (Å²) in [5.74, 6) is -0.160. The van der Waals surface area contributed by atoms with Gasteiger partial charge in [-0.1, -0.05) is 6.92 Å². The Bertz CT molecular complexity index is 357. The Kier molecular flexibility index (Phi) is 4.94.